The van der Waals surface area contributed by atoms with Crippen molar-refractivity contribution in [3.63, 3.8) is 0 Å². The molecule has 0 bridgehead atoms. The van der Waals surface area contributed by atoms with Gasteiger partial charge in [0.1, 0.15) is 22.6 Å². The Balaban J connectivity index is 0.000000415. The first-order chi connectivity index (χ1) is 38.7. The van der Waals surface area contributed by atoms with Crippen LogP contribution in [0.4, 0.5) is 51.4 Å². The molecule has 8 aromatic rings. The fourth-order valence-electron chi connectivity index (χ4n) is 8.10. The van der Waals surface area contributed by atoms with Crippen molar-refractivity contribution in [2.24, 2.45) is 24.9 Å². The summed E-state index contributed by atoms with van der Waals surface area (Å²) < 4.78 is 183. The molecule has 0 amide bonds. The molecule has 8 rings (SSSR count). The summed E-state index contributed by atoms with van der Waals surface area (Å²) in [4.78, 5) is 16.3. The van der Waals surface area contributed by atoms with Gasteiger partial charge < -0.3 is 26.4 Å². The first-order valence-corrected chi connectivity index (χ1v) is 28.1. The molecular formula is C51H59F9N10O12S3Yb. The number of para-hydroxylation sites is 2. The molecule has 0 aliphatic heterocycles. The number of aliphatic hydroxyl groups excluding tert-OH is 1. The average molecular weight is 1440 g/mol. The molecule has 480 valence electrons. The van der Waals surface area contributed by atoms with E-state index in [2.05, 4.69) is 77.1 Å². The van der Waals surface area contributed by atoms with Crippen LogP contribution in [0.2, 0.25) is 0 Å². The number of aliphatic hydroxyl groups is 2. The number of aromatic nitrogens is 8. The summed E-state index contributed by atoms with van der Waals surface area (Å²) >= 11 is 0. The van der Waals surface area contributed by atoms with Gasteiger partial charge in [-0.2, -0.15) is 75.0 Å². The smallest absolute Gasteiger partial charge is 0.400 e. The predicted molar refractivity (Wildman–Crippen MR) is 296 cm³/mol. The van der Waals surface area contributed by atoms with E-state index in [0.29, 0.717) is 5.69 Å². The number of alkyl halides is 9. The van der Waals surface area contributed by atoms with Gasteiger partial charge in [-0.25, -0.2) is 19.9 Å². The molecule has 4 aromatic heterocycles. The van der Waals surface area contributed by atoms with Gasteiger partial charge in [0, 0.05) is 133 Å². The van der Waals surface area contributed by atoms with Crippen molar-refractivity contribution < 1.29 is 140 Å². The van der Waals surface area contributed by atoms with Crippen molar-refractivity contribution >= 4 is 64.1 Å². The number of fused-ring (bicyclic) bond motifs is 2. The van der Waals surface area contributed by atoms with E-state index in [0.717, 1.165) is 68.0 Å². The van der Waals surface area contributed by atoms with E-state index in [1.54, 1.807) is 31.9 Å². The van der Waals surface area contributed by atoms with Gasteiger partial charge in [0.2, 0.25) is 11.9 Å². The molecule has 0 aliphatic rings. The van der Waals surface area contributed by atoms with Gasteiger partial charge in [0.05, 0.1) is 11.0 Å². The van der Waals surface area contributed by atoms with Crippen molar-refractivity contribution in [3.8, 4) is 22.3 Å². The van der Waals surface area contributed by atoms with E-state index in [1.807, 2.05) is 105 Å². The molecule has 4 heterocycles. The Morgan fingerprint density at radius 1 is 0.465 bits per heavy atom. The van der Waals surface area contributed by atoms with Gasteiger partial charge in [0.25, 0.3) is 0 Å². The first-order valence-electron chi connectivity index (χ1n) is 23.8. The zero-order valence-corrected chi connectivity index (χ0v) is 50.9. The molecule has 9 N–H and O–H groups in total. The van der Waals surface area contributed by atoms with Crippen molar-refractivity contribution in [1.29, 1.82) is 0 Å². The van der Waals surface area contributed by atoms with Gasteiger partial charge in [-0.05, 0) is 34.4 Å². The van der Waals surface area contributed by atoms with Crippen LogP contribution in [-0.2, 0) is 60.4 Å². The second-order valence-electron chi connectivity index (χ2n) is 19.7. The molecule has 35 heteroatoms. The van der Waals surface area contributed by atoms with Crippen molar-refractivity contribution in [2.75, 3.05) is 25.7 Å². The molecule has 2 unspecified atom stereocenters. The number of nitrogens with two attached hydrogens (primary N) is 2. The maximum atomic E-state index is 12.1. The Kier molecular flexibility index (Phi) is 25.6. The summed E-state index contributed by atoms with van der Waals surface area (Å²) in [6.07, 6.45) is 6.85. The largest absolute Gasteiger partial charge is 0.522 e. The molecule has 0 fully saturated rings. The minimum Gasteiger partial charge on any atom is -0.400 e. The number of rotatable bonds is 7. The van der Waals surface area contributed by atoms with Gasteiger partial charge in [0.15, 0.2) is 0 Å². The molecule has 22 nitrogen and oxygen atoms in total. The van der Waals surface area contributed by atoms with Crippen molar-refractivity contribution in [3.05, 3.63) is 144 Å². The predicted octanol–water partition coefficient (Wildman–Crippen LogP) is 9.23. The second kappa shape index (κ2) is 28.9. The van der Waals surface area contributed by atoms with E-state index >= 15 is 0 Å². The summed E-state index contributed by atoms with van der Waals surface area (Å²) in [6, 6.07) is 32.4. The van der Waals surface area contributed by atoms with E-state index in [1.165, 1.54) is 0 Å². The van der Waals surface area contributed by atoms with Gasteiger partial charge in [-0.15, -0.1) is 0 Å². The topological polar surface area (TPSA) is 352 Å². The average Bonchev–Trinajstić information content (AvgIpc) is 1.45. The molecular weight excluding hydrogens is 1380 g/mol. The molecule has 0 spiro atoms. The zero-order chi connectivity index (χ0) is 65.3. The number of methoxy groups -OCH3 is 1. The minimum absolute atomic E-state index is 0. The fraction of sp³-hybridized carbons (Fsp3) is 0.333. The number of ether oxygens (including phenoxy) is 1. The third-order valence-electron chi connectivity index (χ3n) is 12.1. The molecule has 2 atom stereocenters. The number of hydrogen-bond acceptors (Lipinski definition) is 17. The zero-order valence-electron chi connectivity index (χ0n) is 46.8. The standard InChI is InChI=1S/C24H27N5O.C23H25N5O.3CHF3O3S.CH4O.Yb/c1-23(2,3)24(30-5,21-19-8-6-7-9-20(19)29(4)28-21)18-12-10-16(11-13-18)17-14-26-22(25)27-15-17;1-22(2,3)23(29,20-18-7-5-6-8-19(18)28(4)27-20)17-11-9-15(10-12-17)16-13-25-21(24)26-14-16;3*2-1(3,4)8(5,6)7;1-2;/h6-15H,1-5H3,(H2,25,26,27);5-14,29H,1-4H3,(H2,24,25,26);3*(H,5,6,7);2H,1H3;. The summed E-state index contributed by atoms with van der Waals surface area (Å²) in [5.41, 5.74) is 1.06. The summed E-state index contributed by atoms with van der Waals surface area (Å²) in [5, 5.41) is 30.8. The Morgan fingerprint density at radius 2 is 0.744 bits per heavy atom. The normalized spacial score (nSPS) is 13.6. The summed E-state index contributed by atoms with van der Waals surface area (Å²) in [5.74, 6) is 0.512. The molecule has 0 saturated heterocycles. The van der Waals surface area contributed by atoms with Gasteiger partial charge >= 0.3 is 46.9 Å². The van der Waals surface area contributed by atoms with Crippen LogP contribution in [0.15, 0.2) is 122 Å². The molecule has 4 aromatic carbocycles. The van der Waals surface area contributed by atoms with E-state index in [-0.39, 0.29) is 64.2 Å². The quantitative estimate of drug-likeness (QED) is 0.0444. The number of anilines is 2. The molecule has 0 saturated carbocycles. The van der Waals surface area contributed by atoms with Gasteiger partial charge in [-0.1, -0.05) is 126 Å². The minimum atomic E-state index is -5.84. The summed E-state index contributed by atoms with van der Waals surface area (Å²) in [7, 11) is -10.9. The number of nitrogen functional groups attached to an aromatic ring is 2. The van der Waals surface area contributed by atoms with Crippen LogP contribution in [0.25, 0.3) is 44.1 Å². The molecule has 0 aliphatic carbocycles. The fourth-order valence-corrected chi connectivity index (χ4v) is 8.10. The number of benzene rings is 4. The number of aryl methyl sites for hydroxylation is 2. The Bertz CT molecular complexity index is 3770. The maximum absolute atomic E-state index is 12.1. The molecule has 0 radical (unpaired) electrons. The van der Waals surface area contributed by atoms with E-state index in [4.69, 9.17) is 70.4 Å². The number of hydrogen-bond donors (Lipinski definition) is 7. The van der Waals surface area contributed by atoms with Crippen LogP contribution < -0.4 is 11.5 Å². The van der Waals surface area contributed by atoms with Crippen LogP contribution >= 0.6 is 0 Å². The van der Waals surface area contributed by atoms with Gasteiger partial charge in [-0.3, -0.25) is 23.0 Å². The number of nitrogens with zero attached hydrogens (tertiary/aromatic N) is 8. The Morgan fingerprint density at radius 3 is 1.02 bits per heavy atom. The monoisotopic (exact) mass is 1440 g/mol. The Labute approximate surface area is 526 Å². The second-order valence-corrected chi connectivity index (χ2v) is 23.9. The van der Waals surface area contributed by atoms with Crippen molar-refractivity contribution in [1.82, 2.24) is 39.5 Å². The third kappa shape index (κ3) is 18.1. The van der Waals surface area contributed by atoms with Crippen LogP contribution in [0.5, 0.6) is 0 Å². The third-order valence-corrected chi connectivity index (χ3v) is 13.9. The SMILES string of the molecule is CO.COC(c1ccc(-c2cnc(N)nc2)cc1)(c1nn(C)c2ccccc12)C(C)(C)C.Cn1nc(C(O)(c2ccc(-c3cnc(N)nc3)cc2)C(C)(C)C)c2ccccc21.O=S(=O)(O)C(F)(F)F.O=S(=O)(O)C(F)(F)F.O=S(=O)(O)C(F)(F)F.[Yb]. The Hall–Kier alpha value is -5.92. The van der Waals surface area contributed by atoms with Crippen LogP contribution in [0.1, 0.15) is 64.1 Å². The summed E-state index contributed by atoms with van der Waals surface area (Å²) in [6.45, 7) is 12.6. The molecule has 86 heavy (non-hydrogen) atoms. The number of halogens is 9. The van der Waals surface area contributed by atoms with E-state index in [9.17, 15) is 44.6 Å². The van der Waals surface area contributed by atoms with E-state index < -0.39 is 63.5 Å². The van der Waals surface area contributed by atoms with Crippen molar-refractivity contribution in [2.45, 2.75) is 69.3 Å². The van der Waals surface area contributed by atoms with Crippen LogP contribution in [0.3, 0.4) is 0 Å². The maximum Gasteiger partial charge on any atom is 0.522 e. The van der Waals surface area contributed by atoms with Crippen LogP contribution in [0, 0.1) is 57.8 Å². The van der Waals surface area contributed by atoms with Crippen LogP contribution in [-0.4, -0.2) is 119 Å². The first kappa shape index (κ1) is 76.2.